The number of nitrogens with one attached hydrogen (secondary N) is 1. The van der Waals surface area contributed by atoms with Gasteiger partial charge in [0.05, 0.1) is 5.69 Å². The molecule has 0 spiro atoms. The van der Waals surface area contributed by atoms with Crippen LogP contribution in [0.3, 0.4) is 0 Å². The van der Waals surface area contributed by atoms with Crippen LogP contribution in [0.4, 0.5) is 10.2 Å². The number of rotatable bonds is 4. The van der Waals surface area contributed by atoms with E-state index in [1.165, 1.54) is 19.2 Å². The van der Waals surface area contributed by atoms with E-state index in [9.17, 15) is 4.39 Å². The third-order valence-electron chi connectivity index (χ3n) is 3.51. The molecule has 2 unspecified atom stereocenters. The Hall–Kier alpha value is -0.900. The van der Waals surface area contributed by atoms with Gasteiger partial charge in [-0.15, -0.1) is 11.6 Å². The minimum absolute atomic E-state index is 0.303. The van der Waals surface area contributed by atoms with Crippen molar-refractivity contribution in [2.24, 2.45) is 11.8 Å². The van der Waals surface area contributed by atoms with Gasteiger partial charge in [0.15, 0.2) is 11.6 Å². The van der Waals surface area contributed by atoms with Crippen molar-refractivity contribution in [1.82, 2.24) is 9.97 Å². The first kappa shape index (κ1) is 12.6. The average molecular weight is 258 g/mol. The molecule has 1 saturated carbocycles. The van der Waals surface area contributed by atoms with E-state index in [2.05, 4.69) is 15.3 Å². The van der Waals surface area contributed by atoms with E-state index in [0.717, 1.165) is 13.0 Å². The van der Waals surface area contributed by atoms with Gasteiger partial charge in [-0.05, 0) is 31.6 Å². The summed E-state index contributed by atoms with van der Waals surface area (Å²) in [6.45, 7) is 2.38. The summed E-state index contributed by atoms with van der Waals surface area (Å²) in [7, 11) is 0. The van der Waals surface area contributed by atoms with Crippen LogP contribution < -0.4 is 5.32 Å². The molecule has 1 aliphatic carbocycles. The lowest BCUT2D eigenvalue weighted by Crippen LogP contribution is -2.20. The monoisotopic (exact) mass is 257 g/mol. The molecule has 1 N–H and O–H groups in total. The molecule has 17 heavy (non-hydrogen) atoms. The van der Waals surface area contributed by atoms with Gasteiger partial charge in [0.2, 0.25) is 0 Å². The third-order valence-corrected chi connectivity index (χ3v) is 3.91. The molecule has 1 heterocycles. The molecule has 5 heteroatoms. The molecule has 0 radical (unpaired) electrons. The highest BCUT2D eigenvalue weighted by molar-refractivity contribution is 6.18. The van der Waals surface area contributed by atoms with E-state index in [-0.39, 0.29) is 5.82 Å². The molecule has 0 bridgehead atoms. The fraction of sp³-hybridized carbons (Fsp3) is 0.667. The first-order chi connectivity index (χ1) is 8.22. The molecule has 1 aliphatic rings. The molecule has 1 aromatic heterocycles. The van der Waals surface area contributed by atoms with Crippen molar-refractivity contribution in [3.05, 3.63) is 17.8 Å². The van der Waals surface area contributed by atoms with Gasteiger partial charge in [-0.25, -0.2) is 14.4 Å². The molecule has 0 amide bonds. The van der Waals surface area contributed by atoms with Crippen molar-refractivity contribution in [3.8, 4) is 0 Å². The summed E-state index contributed by atoms with van der Waals surface area (Å²) in [5.74, 6) is 1.72. The lowest BCUT2D eigenvalue weighted by molar-refractivity contribution is 0.442. The molecule has 2 rings (SSSR count). The zero-order valence-corrected chi connectivity index (χ0v) is 10.7. The molecule has 1 aromatic rings. The van der Waals surface area contributed by atoms with Crippen LogP contribution in [0.1, 0.15) is 25.0 Å². The maximum atomic E-state index is 13.6. The summed E-state index contributed by atoms with van der Waals surface area (Å²) in [6, 6.07) is 0. The van der Waals surface area contributed by atoms with Gasteiger partial charge in [0.1, 0.15) is 6.33 Å². The molecule has 2 atom stereocenters. The van der Waals surface area contributed by atoms with E-state index in [4.69, 9.17) is 11.6 Å². The lowest BCUT2D eigenvalue weighted by Gasteiger charge is -2.18. The van der Waals surface area contributed by atoms with Crippen LogP contribution in [0.25, 0.3) is 0 Å². The van der Waals surface area contributed by atoms with Crippen molar-refractivity contribution in [2.75, 3.05) is 17.7 Å². The largest absolute Gasteiger partial charge is 0.367 e. The summed E-state index contributed by atoms with van der Waals surface area (Å²) in [5.41, 5.74) is 0.378. The highest BCUT2D eigenvalue weighted by Crippen LogP contribution is 2.32. The second-order valence-electron chi connectivity index (χ2n) is 4.61. The topological polar surface area (TPSA) is 37.8 Å². The quantitative estimate of drug-likeness (QED) is 0.843. The Labute approximate surface area is 106 Å². The molecule has 0 saturated heterocycles. The van der Waals surface area contributed by atoms with E-state index in [1.807, 2.05) is 0 Å². The maximum Gasteiger partial charge on any atom is 0.186 e. The van der Waals surface area contributed by atoms with Gasteiger partial charge < -0.3 is 5.32 Å². The Balaban J connectivity index is 1.95. The SMILES string of the molecule is Cc1ncnc(NCC2CCCC2CCl)c1F. The standard InChI is InChI=1S/C12H17ClFN3/c1-8-11(14)12(17-7-16-8)15-6-10-4-2-3-9(10)5-13/h7,9-10H,2-6H2,1H3,(H,15,16,17). The number of anilines is 1. The lowest BCUT2D eigenvalue weighted by atomic mass is 9.98. The predicted octanol–water partition coefficient (Wildman–Crippen LogP) is 2.99. The minimum atomic E-state index is -0.354. The smallest absolute Gasteiger partial charge is 0.186 e. The third kappa shape index (κ3) is 2.86. The number of halogens is 2. The predicted molar refractivity (Wildman–Crippen MR) is 66.8 cm³/mol. The van der Waals surface area contributed by atoms with Crippen molar-refractivity contribution >= 4 is 17.4 Å². The maximum absolute atomic E-state index is 13.6. The van der Waals surface area contributed by atoms with Crippen LogP contribution in [0.15, 0.2) is 6.33 Å². The molecule has 1 fully saturated rings. The van der Waals surface area contributed by atoms with E-state index in [0.29, 0.717) is 29.2 Å². The zero-order valence-electron chi connectivity index (χ0n) is 9.92. The highest BCUT2D eigenvalue weighted by Gasteiger charge is 2.26. The summed E-state index contributed by atoms with van der Waals surface area (Å²) in [5, 5.41) is 3.08. The van der Waals surface area contributed by atoms with Crippen LogP contribution in [-0.2, 0) is 0 Å². The van der Waals surface area contributed by atoms with Crippen molar-refractivity contribution < 1.29 is 4.39 Å². The normalized spacial score (nSPS) is 23.9. The summed E-state index contributed by atoms with van der Waals surface area (Å²) < 4.78 is 13.6. The van der Waals surface area contributed by atoms with Crippen LogP contribution >= 0.6 is 11.6 Å². The second-order valence-corrected chi connectivity index (χ2v) is 4.92. The molecule has 3 nitrogen and oxygen atoms in total. The van der Waals surface area contributed by atoms with E-state index >= 15 is 0 Å². The van der Waals surface area contributed by atoms with Gasteiger partial charge in [0, 0.05) is 12.4 Å². The fourth-order valence-electron chi connectivity index (χ4n) is 2.39. The highest BCUT2D eigenvalue weighted by atomic mass is 35.5. The molecular formula is C12H17ClFN3. The van der Waals surface area contributed by atoms with Crippen molar-refractivity contribution in [1.29, 1.82) is 0 Å². The van der Waals surface area contributed by atoms with Gasteiger partial charge in [-0.1, -0.05) is 6.42 Å². The Morgan fingerprint density at radius 2 is 2.18 bits per heavy atom. The Kier molecular flexibility index (Phi) is 4.15. The summed E-state index contributed by atoms with van der Waals surface area (Å²) >= 11 is 5.91. The number of hydrogen-bond acceptors (Lipinski definition) is 3. The average Bonchev–Trinajstić information content (AvgIpc) is 2.78. The second kappa shape index (κ2) is 5.63. The van der Waals surface area contributed by atoms with Gasteiger partial charge in [0.25, 0.3) is 0 Å². The zero-order chi connectivity index (χ0) is 12.3. The van der Waals surface area contributed by atoms with Crippen molar-refractivity contribution in [3.63, 3.8) is 0 Å². The molecule has 0 aliphatic heterocycles. The Bertz CT molecular complexity index is 386. The van der Waals surface area contributed by atoms with Gasteiger partial charge in [-0.3, -0.25) is 0 Å². The van der Waals surface area contributed by atoms with Crippen LogP contribution in [0.2, 0.25) is 0 Å². The van der Waals surface area contributed by atoms with Crippen LogP contribution in [0.5, 0.6) is 0 Å². The van der Waals surface area contributed by atoms with E-state index < -0.39 is 0 Å². The fourth-order valence-corrected chi connectivity index (χ4v) is 2.80. The number of hydrogen-bond donors (Lipinski definition) is 1. The van der Waals surface area contributed by atoms with Crippen molar-refractivity contribution in [2.45, 2.75) is 26.2 Å². The molecule has 94 valence electrons. The van der Waals surface area contributed by atoms with Crippen LogP contribution in [0, 0.1) is 24.6 Å². The minimum Gasteiger partial charge on any atom is -0.367 e. The Morgan fingerprint density at radius 3 is 2.94 bits per heavy atom. The Morgan fingerprint density at radius 1 is 1.41 bits per heavy atom. The van der Waals surface area contributed by atoms with Gasteiger partial charge >= 0.3 is 0 Å². The first-order valence-corrected chi connectivity index (χ1v) is 6.52. The summed E-state index contributed by atoms with van der Waals surface area (Å²) in [4.78, 5) is 7.72. The first-order valence-electron chi connectivity index (χ1n) is 5.99. The number of nitrogens with zero attached hydrogens (tertiary/aromatic N) is 2. The molecule has 0 aromatic carbocycles. The van der Waals surface area contributed by atoms with E-state index in [1.54, 1.807) is 6.92 Å². The van der Waals surface area contributed by atoms with Gasteiger partial charge in [-0.2, -0.15) is 0 Å². The van der Waals surface area contributed by atoms with Crippen LogP contribution in [-0.4, -0.2) is 22.4 Å². The molecular weight excluding hydrogens is 241 g/mol. The summed E-state index contributed by atoms with van der Waals surface area (Å²) in [6.07, 6.45) is 4.95. The number of aryl methyl sites for hydroxylation is 1. The number of alkyl halides is 1. The number of aromatic nitrogens is 2.